The average molecular weight is 383 g/mol. The van der Waals surface area contributed by atoms with Crippen LogP contribution in [0.2, 0.25) is 0 Å². The summed E-state index contributed by atoms with van der Waals surface area (Å²) in [7, 11) is 0. The Morgan fingerprint density at radius 3 is 3.04 bits per heavy atom. The van der Waals surface area contributed by atoms with Gasteiger partial charge in [-0.15, -0.1) is 0 Å². The van der Waals surface area contributed by atoms with Gasteiger partial charge in [-0.3, -0.25) is 4.98 Å². The van der Waals surface area contributed by atoms with Crippen molar-refractivity contribution in [1.29, 1.82) is 0 Å². The van der Waals surface area contributed by atoms with Crippen LogP contribution in [0.4, 0.5) is 4.79 Å². The first kappa shape index (κ1) is 18.1. The van der Waals surface area contributed by atoms with E-state index in [4.69, 9.17) is 9.05 Å². The second-order valence-corrected chi connectivity index (χ2v) is 6.60. The predicted octanol–water partition coefficient (Wildman–Crippen LogP) is 2.17. The molecule has 0 saturated carbocycles. The van der Waals surface area contributed by atoms with Crippen molar-refractivity contribution in [2.75, 3.05) is 13.1 Å². The zero-order chi connectivity index (χ0) is 19.3. The van der Waals surface area contributed by atoms with Gasteiger partial charge in [0.1, 0.15) is 0 Å². The number of carbonyl (C=O) groups excluding carboxylic acids is 1. The molecule has 2 amide bonds. The van der Waals surface area contributed by atoms with Gasteiger partial charge in [-0.2, -0.15) is 9.97 Å². The predicted molar refractivity (Wildman–Crippen MR) is 97.0 cm³/mol. The normalized spacial score (nSPS) is 16.9. The highest BCUT2D eigenvalue weighted by atomic mass is 16.5. The summed E-state index contributed by atoms with van der Waals surface area (Å²) in [6.07, 6.45) is 5.81. The maximum atomic E-state index is 12.5. The van der Waals surface area contributed by atoms with E-state index in [9.17, 15) is 4.79 Å². The smallest absolute Gasteiger partial charge is 0.317 e. The highest BCUT2D eigenvalue weighted by Gasteiger charge is 2.28. The quantitative estimate of drug-likeness (QED) is 0.711. The highest BCUT2D eigenvalue weighted by Crippen LogP contribution is 2.27. The van der Waals surface area contributed by atoms with Crippen molar-refractivity contribution in [3.63, 3.8) is 0 Å². The maximum Gasteiger partial charge on any atom is 0.317 e. The van der Waals surface area contributed by atoms with Crippen LogP contribution in [0, 0.1) is 0 Å². The molecular weight excluding hydrogens is 362 g/mol. The first-order chi connectivity index (χ1) is 13.7. The van der Waals surface area contributed by atoms with Crippen molar-refractivity contribution in [3.05, 3.63) is 42.1 Å². The van der Waals surface area contributed by atoms with Crippen LogP contribution in [-0.2, 0) is 13.0 Å². The number of urea groups is 1. The number of carbonyl (C=O) groups is 1. The molecule has 0 bridgehead atoms. The van der Waals surface area contributed by atoms with E-state index in [2.05, 4.69) is 30.6 Å². The van der Waals surface area contributed by atoms with Crippen LogP contribution in [0.25, 0.3) is 11.4 Å². The summed E-state index contributed by atoms with van der Waals surface area (Å²) in [6, 6.07) is 3.54. The van der Waals surface area contributed by atoms with Crippen molar-refractivity contribution in [3.8, 4) is 11.4 Å². The Hall–Kier alpha value is -3.30. The molecule has 1 N–H and O–H groups in total. The number of piperidine rings is 1. The third-order valence-corrected chi connectivity index (χ3v) is 4.63. The van der Waals surface area contributed by atoms with E-state index >= 15 is 0 Å². The number of likely N-dealkylation sites (tertiary alicyclic amines) is 1. The summed E-state index contributed by atoms with van der Waals surface area (Å²) in [5.41, 5.74) is 0.800. The maximum absolute atomic E-state index is 12.5. The molecule has 10 heteroatoms. The second-order valence-electron chi connectivity index (χ2n) is 6.60. The molecule has 0 aliphatic carbocycles. The molecule has 4 rings (SSSR count). The lowest BCUT2D eigenvalue weighted by Crippen LogP contribution is -2.44. The van der Waals surface area contributed by atoms with Crippen molar-refractivity contribution >= 4 is 6.03 Å². The Morgan fingerprint density at radius 1 is 1.32 bits per heavy atom. The molecule has 1 aliphatic heterocycles. The number of pyridine rings is 1. The number of hydrogen-bond donors (Lipinski definition) is 1. The minimum atomic E-state index is -0.167. The standard InChI is InChI=1S/C18H21N7O3/c1-2-15-21-14(23-27-15)10-20-18(26)25-8-4-6-13(11-25)17-22-16(24-28-17)12-5-3-7-19-9-12/h3,5,7,9,13H,2,4,6,8,10-11H2,1H3,(H,20,26)/t13-/m0/s1. The summed E-state index contributed by atoms with van der Waals surface area (Å²) >= 11 is 0. The fourth-order valence-electron chi connectivity index (χ4n) is 3.15. The lowest BCUT2D eigenvalue weighted by molar-refractivity contribution is 0.171. The van der Waals surface area contributed by atoms with Crippen LogP contribution < -0.4 is 5.32 Å². The van der Waals surface area contributed by atoms with E-state index in [0.29, 0.717) is 42.9 Å². The molecule has 1 saturated heterocycles. The fraction of sp³-hybridized carbons (Fsp3) is 0.444. The van der Waals surface area contributed by atoms with E-state index in [1.165, 1.54) is 0 Å². The van der Waals surface area contributed by atoms with Crippen molar-refractivity contribution < 1.29 is 13.8 Å². The van der Waals surface area contributed by atoms with E-state index in [-0.39, 0.29) is 18.5 Å². The zero-order valence-electron chi connectivity index (χ0n) is 15.5. The Balaban J connectivity index is 1.36. The molecule has 0 radical (unpaired) electrons. The molecule has 0 aromatic carbocycles. The molecule has 1 atom stereocenters. The number of nitrogens with one attached hydrogen (secondary N) is 1. The largest absolute Gasteiger partial charge is 0.339 e. The number of aromatic nitrogens is 5. The van der Waals surface area contributed by atoms with E-state index in [0.717, 1.165) is 18.4 Å². The number of rotatable bonds is 5. The lowest BCUT2D eigenvalue weighted by atomic mass is 9.98. The molecule has 4 heterocycles. The Bertz CT molecular complexity index is 924. The SMILES string of the molecule is CCc1nc(CNC(=O)N2CCC[C@H](c3nc(-c4cccnc4)no3)C2)no1. The molecule has 1 fully saturated rings. The number of aryl methyl sites for hydroxylation is 1. The van der Waals surface area contributed by atoms with Gasteiger partial charge in [0.2, 0.25) is 17.6 Å². The molecule has 146 valence electrons. The molecule has 28 heavy (non-hydrogen) atoms. The van der Waals surface area contributed by atoms with Crippen LogP contribution in [0.3, 0.4) is 0 Å². The van der Waals surface area contributed by atoms with Crippen LogP contribution in [0.5, 0.6) is 0 Å². The summed E-state index contributed by atoms with van der Waals surface area (Å²) in [4.78, 5) is 27.0. The number of hydrogen-bond acceptors (Lipinski definition) is 8. The van der Waals surface area contributed by atoms with Crippen LogP contribution >= 0.6 is 0 Å². The van der Waals surface area contributed by atoms with Crippen molar-refractivity contribution in [2.24, 2.45) is 0 Å². The summed E-state index contributed by atoms with van der Waals surface area (Å²) in [5.74, 6) is 2.09. The topological polar surface area (TPSA) is 123 Å². The fourth-order valence-corrected chi connectivity index (χ4v) is 3.15. The first-order valence-electron chi connectivity index (χ1n) is 9.31. The van der Waals surface area contributed by atoms with E-state index in [1.54, 1.807) is 17.3 Å². The van der Waals surface area contributed by atoms with Gasteiger partial charge in [-0.25, -0.2) is 4.79 Å². The summed E-state index contributed by atoms with van der Waals surface area (Å²) < 4.78 is 10.5. The molecule has 1 aliphatic rings. The second kappa shape index (κ2) is 8.15. The monoisotopic (exact) mass is 383 g/mol. The molecule has 0 spiro atoms. The van der Waals surface area contributed by atoms with Crippen LogP contribution in [0.15, 0.2) is 33.6 Å². The van der Waals surface area contributed by atoms with Crippen LogP contribution in [0.1, 0.15) is 43.3 Å². The minimum absolute atomic E-state index is 0.00860. The molecule has 10 nitrogen and oxygen atoms in total. The van der Waals surface area contributed by atoms with Gasteiger partial charge in [-0.05, 0) is 25.0 Å². The van der Waals surface area contributed by atoms with Gasteiger partial charge >= 0.3 is 6.03 Å². The molecular formula is C18H21N7O3. The zero-order valence-corrected chi connectivity index (χ0v) is 15.5. The van der Waals surface area contributed by atoms with Crippen molar-refractivity contribution in [2.45, 2.75) is 38.6 Å². The third-order valence-electron chi connectivity index (χ3n) is 4.63. The number of amides is 2. The Kier molecular flexibility index (Phi) is 5.27. The highest BCUT2D eigenvalue weighted by molar-refractivity contribution is 5.74. The Labute approximate surface area is 161 Å². The number of nitrogens with zero attached hydrogens (tertiary/aromatic N) is 6. The third kappa shape index (κ3) is 4.00. The van der Waals surface area contributed by atoms with Gasteiger partial charge in [0.05, 0.1) is 12.5 Å². The van der Waals surface area contributed by atoms with E-state index < -0.39 is 0 Å². The van der Waals surface area contributed by atoms with E-state index in [1.807, 2.05) is 19.1 Å². The molecule has 3 aromatic rings. The lowest BCUT2D eigenvalue weighted by Gasteiger charge is -2.30. The molecule has 0 unspecified atom stereocenters. The summed E-state index contributed by atoms with van der Waals surface area (Å²) in [6.45, 7) is 3.36. The minimum Gasteiger partial charge on any atom is -0.339 e. The van der Waals surface area contributed by atoms with Gasteiger partial charge < -0.3 is 19.3 Å². The summed E-state index contributed by atoms with van der Waals surface area (Å²) in [5, 5.41) is 10.7. The molecule has 3 aromatic heterocycles. The van der Waals surface area contributed by atoms with Crippen LogP contribution in [-0.4, -0.2) is 49.3 Å². The van der Waals surface area contributed by atoms with Gasteiger partial charge in [0.15, 0.2) is 5.82 Å². The van der Waals surface area contributed by atoms with Gasteiger partial charge in [0.25, 0.3) is 0 Å². The van der Waals surface area contributed by atoms with Gasteiger partial charge in [-0.1, -0.05) is 17.2 Å². The first-order valence-corrected chi connectivity index (χ1v) is 9.31. The average Bonchev–Trinajstić information content (AvgIpc) is 3.42. The van der Waals surface area contributed by atoms with Gasteiger partial charge in [0, 0.05) is 37.5 Å². The van der Waals surface area contributed by atoms with Crippen molar-refractivity contribution in [1.82, 2.24) is 35.5 Å². The Morgan fingerprint density at radius 2 is 2.25 bits per heavy atom.